The highest BCUT2D eigenvalue weighted by atomic mass is 32.1. The predicted molar refractivity (Wildman–Crippen MR) is 88.9 cm³/mol. The van der Waals surface area contributed by atoms with Crippen LogP contribution in [0.25, 0.3) is 0 Å². The zero-order chi connectivity index (χ0) is 15.6. The monoisotopic (exact) mass is 304 g/mol. The molecule has 0 saturated heterocycles. The summed E-state index contributed by atoms with van der Waals surface area (Å²) in [4.78, 5) is 4.75. The molecule has 0 fully saturated rings. The van der Waals surface area contributed by atoms with Crippen LogP contribution in [0.4, 0.5) is 0 Å². The third-order valence-electron chi connectivity index (χ3n) is 3.53. The molecular weight excluding hydrogens is 280 g/mol. The lowest BCUT2D eigenvalue weighted by Gasteiger charge is -2.19. The van der Waals surface area contributed by atoms with E-state index in [1.54, 1.807) is 23.5 Å². The first-order valence-corrected chi connectivity index (χ1v) is 8.16. The smallest absolute Gasteiger partial charge is 0.115 e. The molecule has 2 atom stereocenters. The average molecular weight is 304 g/mol. The van der Waals surface area contributed by atoms with E-state index in [4.69, 9.17) is 4.98 Å². The number of hydrogen-bond donors (Lipinski definition) is 2. The van der Waals surface area contributed by atoms with Crippen LogP contribution in [-0.4, -0.2) is 10.1 Å². The van der Waals surface area contributed by atoms with Gasteiger partial charge in [0.25, 0.3) is 0 Å². The molecule has 2 rings (SSSR count). The number of phenols is 1. The largest absolute Gasteiger partial charge is 0.508 e. The van der Waals surface area contributed by atoms with Crippen molar-refractivity contribution >= 4 is 11.3 Å². The lowest BCUT2D eigenvalue weighted by atomic mass is 9.93. The lowest BCUT2D eigenvalue weighted by Crippen LogP contribution is -2.22. The number of hydrogen-bond acceptors (Lipinski definition) is 4. The van der Waals surface area contributed by atoms with Crippen molar-refractivity contribution in [1.82, 2.24) is 10.3 Å². The summed E-state index contributed by atoms with van der Waals surface area (Å²) < 4.78 is 0. The Labute approximate surface area is 131 Å². The van der Waals surface area contributed by atoms with Crippen LogP contribution in [0.3, 0.4) is 0 Å². The van der Waals surface area contributed by atoms with E-state index in [0.29, 0.717) is 5.75 Å². The van der Waals surface area contributed by atoms with Crippen LogP contribution in [0.1, 0.15) is 63.0 Å². The maximum Gasteiger partial charge on any atom is 0.115 e. The summed E-state index contributed by atoms with van der Waals surface area (Å²) in [6, 6.07) is 7.72. The second-order valence-electron chi connectivity index (χ2n) is 6.53. The van der Waals surface area contributed by atoms with Crippen LogP contribution in [0.2, 0.25) is 0 Å². The van der Waals surface area contributed by atoms with Crippen molar-refractivity contribution < 1.29 is 5.11 Å². The van der Waals surface area contributed by atoms with E-state index in [1.165, 1.54) is 0 Å². The molecule has 0 saturated carbocycles. The summed E-state index contributed by atoms with van der Waals surface area (Å²) in [6.07, 6.45) is 0. The lowest BCUT2D eigenvalue weighted by molar-refractivity contribution is 0.465. The summed E-state index contributed by atoms with van der Waals surface area (Å²) in [5, 5.41) is 16.4. The molecule has 0 unspecified atom stereocenters. The number of nitrogens with zero attached hydrogens (tertiary/aromatic N) is 1. The van der Waals surface area contributed by atoms with Gasteiger partial charge in [0.1, 0.15) is 10.8 Å². The minimum Gasteiger partial charge on any atom is -0.508 e. The highest BCUT2D eigenvalue weighted by Gasteiger charge is 2.20. The molecule has 1 aromatic heterocycles. The fraction of sp³-hybridized carbons (Fsp3) is 0.471. The van der Waals surface area contributed by atoms with Crippen molar-refractivity contribution in [2.24, 2.45) is 0 Å². The third kappa shape index (κ3) is 4.05. The molecule has 2 aromatic rings. The second kappa shape index (κ2) is 6.16. The van der Waals surface area contributed by atoms with Crippen LogP contribution in [0, 0.1) is 0 Å². The van der Waals surface area contributed by atoms with Crippen molar-refractivity contribution in [2.75, 3.05) is 0 Å². The Morgan fingerprint density at radius 1 is 1.19 bits per heavy atom. The van der Waals surface area contributed by atoms with Crippen molar-refractivity contribution in [1.29, 1.82) is 0 Å². The fourth-order valence-electron chi connectivity index (χ4n) is 2.17. The maximum absolute atomic E-state index is 9.57. The zero-order valence-corrected chi connectivity index (χ0v) is 14.2. The molecule has 0 spiro atoms. The van der Waals surface area contributed by atoms with Gasteiger partial charge < -0.3 is 10.4 Å². The molecule has 0 amide bonds. The van der Waals surface area contributed by atoms with Gasteiger partial charge in [-0.3, -0.25) is 0 Å². The Morgan fingerprint density at radius 3 is 2.48 bits per heavy atom. The van der Waals surface area contributed by atoms with Crippen LogP contribution < -0.4 is 5.32 Å². The maximum atomic E-state index is 9.57. The zero-order valence-electron chi connectivity index (χ0n) is 13.3. The van der Waals surface area contributed by atoms with E-state index in [-0.39, 0.29) is 17.5 Å². The van der Waals surface area contributed by atoms with Crippen molar-refractivity contribution in [2.45, 2.75) is 52.1 Å². The van der Waals surface area contributed by atoms with Crippen molar-refractivity contribution in [3.05, 3.63) is 45.9 Å². The normalized spacial score (nSPS) is 14.9. The average Bonchev–Trinajstić information content (AvgIpc) is 2.88. The Morgan fingerprint density at radius 2 is 1.90 bits per heavy atom. The highest BCUT2D eigenvalue weighted by molar-refractivity contribution is 7.09. The quantitative estimate of drug-likeness (QED) is 0.870. The van der Waals surface area contributed by atoms with E-state index in [1.807, 2.05) is 12.1 Å². The third-order valence-corrected chi connectivity index (χ3v) is 4.56. The molecule has 0 aliphatic heterocycles. The number of rotatable bonds is 4. The van der Waals surface area contributed by atoms with Gasteiger partial charge in [-0.1, -0.05) is 32.9 Å². The van der Waals surface area contributed by atoms with Crippen LogP contribution in [0.5, 0.6) is 5.75 Å². The molecular formula is C17H24N2OS. The SMILES string of the molecule is C[C@H](N[C@H](C)c1cccc(O)c1)c1nc(C(C)(C)C)cs1. The molecule has 4 heteroatoms. The first-order chi connectivity index (χ1) is 9.77. The van der Waals surface area contributed by atoms with Gasteiger partial charge in [-0.25, -0.2) is 4.98 Å². The second-order valence-corrected chi connectivity index (χ2v) is 7.42. The number of aromatic hydroxyl groups is 1. The van der Waals surface area contributed by atoms with Crippen molar-refractivity contribution in [3.63, 3.8) is 0 Å². The standard InChI is InChI=1S/C17H24N2OS/c1-11(13-7-6-8-14(20)9-13)18-12(2)16-19-15(10-21-16)17(3,4)5/h6-12,18,20H,1-5H3/t11-,12+/m1/s1. The van der Waals surface area contributed by atoms with Crippen LogP contribution >= 0.6 is 11.3 Å². The summed E-state index contributed by atoms with van der Waals surface area (Å²) >= 11 is 1.70. The Bertz CT molecular complexity index is 601. The molecule has 0 aliphatic rings. The van der Waals surface area contributed by atoms with Gasteiger partial charge in [0, 0.05) is 16.8 Å². The number of nitrogens with one attached hydrogen (secondary N) is 1. The molecule has 0 aliphatic carbocycles. The summed E-state index contributed by atoms with van der Waals surface area (Å²) in [5.74, 6) is 0.304. The molecule has 2 N–H and O–H groups in total. The molecule has 21 heavy (non-hydrogen) atoms. The predicted octanol–water partition coefficient (Wildman–Crippen LogP) is 4.56. The molecule has 0 bridgehead atoms. The number of thiazole rings is 1. The Kier molecular flexibility index (Phi) is 4.69. The van der Waals surface area contributed by atoms with Crippen LogP contribution in [0.15, 0.2) is 29.6 Å². The minimum absolute atomic E-state index is 0.0886. The molecule has 1 heterocycles. The fourth-order valence-corrected chi connectivity index (χ4v) is 3.23. The summed E-state index contributed by atoms with van der Waals surface area (Å²) in [6.45, 7) is 10.8. The molecule has 114 valence electrons. The van der Waals surface area contributed by atoms with Crippen molar-refractivity contribution in [3.8, 4) is 5.75 Å². The van der Waals surface area contributed by atoms with Gasteiger partial charge in [0.15, 0.2) is 0 Å². The number of phenolic OH excluding ortho intramolecular Hbond substituents is 1. The highest BCUT2D eigenvalue weighted by Crippen LogP contribution is 2.28. The van der Waals surface area contributed by atoms with Gasteiger partial charge in [-0.05, 0) is 31.5 Å². The first-order valence-electron chi connectivity index (χ1n) is 7.28. The van der Waals surface area contributed by atoms with Gasteiger partial charge in [-0.15, -0.1) is 11.3 Å². The molecule has 0 radical (unpaired) electrons. The Hall–Kier alpha value is -1.39. The van der Waals surface area contributed by atoms with E-state index in [0.717, 1.165) is 16.3 Å². The minimum atomic E-state index is 0.0886. The first kappa shape index (κ1) is 16.0. The topological polar surface area (TPSA) is 45.1 Å². The van der Waals surface area contributed by atoms with E-state index < -0.39 is 0 Å². The summed E-state index contributed by atoms with van der Waals surface area (Å²) in [7, 11) is 0. The van der Waals surface area contributed by atoms with E-state index >= 15 is 0 Å². The van der Waals surface area contributed by atoms with E-state index in [2.05, 4.69) is 45.3 Å². The van der Waals surface area contributed by atoms with Crippen LogP contribution in [-0.2, 0) is 5.41 Å². The van der Waals surface area contributed by atoms with Gasteiger partial charge in [0.05, 0.1) is 11.7 Å². The Balaban J connectivity index is 2.07. The van der Waals surface area contributed by atoms with Gasteiger partial charge in [-0.2, -0.15) is 0 Å². The van der Waals surface area contributed by atoms with Gasteiger partial charge in [0.2, 0.25) is 0 Å². The molecule has 3 nitrogen and oxygen atoms in total. The number of aromatic nitrogens is 1. The van der Waals surface area contributed by atoms with E-state index in [9.17, 15) is 5.11 Å². The van der Waals surface area contributed by atoms with Gasteiger partial charge >= 0.3 is 0 Å². The summed E-state index contributed by atoms with van der Waals surface area (Å²) in [5.41, 5.74) is 2.31. The number of benzene rings is 1. The molecule has 1 aromatic carbocycles.